The molecule has 444 valence electrons. The van der Waals surface area contributed by atoms with E-state index in [1.807, 2.05) is 0 Å². The van der Waals surface area contributed by atoms with Crippen molar-refractivity contribution < 1.29 is 0 Å². The minimum Gasteiger partial charge on any atom is -0.256 e. The van der Waals surface area contributed by atoms with Gasteiger partial charge in [0.25, 0.3) is 0 Å². The summed E-state index contributed by atoms with van der Waals surface area (Å²) in [6.45, 7) is 9.30. The van der Waals surface area contributed by atoms with Gasteiger partial charge in [0.15, 0.2) is 0 Å². The Labute approximate surface area is 549 Å². The van der Waals surface area contributed by atoms with E-state index in [4.69, 9.17) is 9.97 Å². The minimum atomic E-state index is -0.0384. The molecule has 0 saturated heterocycles. The van der Waals surface area contributed by atoms with E-state index in [1.54, 1.807) is 0 Å². The normalized spacial score (nSPS) is 13.1. The van der Waals surface area contributed by atoms with E-state index in [-0.39, 0.29) is 10.8 Å². The van der Waals surface area contributed by atoms with E-state index in [0.29, 0.717) is 0 Å². The van der Waals surface area contributed by atoms with Crippen molar-refractivity contribution in [2.45, 2.75) is 38.5 Å². The van der Waals surface area contributed by atoms with Crippen LogP contribution in [0.25, 0.3) is 155 Å². The van der Waals surface area contributed by atoms with Gasteiger partial charge in [-0.1, -0.05) is 325 Å². The largest absolute Gasteiger partial charge is 0.256 e. The fourth-order valence-corrected chi connectivity index (χ4v) is 15.7. The van der Waals surface area contributed by atoms with Crippen LogP contribution < -0.4 is 0 Å². The molecule has 0 amide bonds. The maximum Gasteiger partial charge on any atom is 0.0708 e. The summed E-state index contributed by atoms with van der Waals surface area (Å²) in [5.74, 6) is 0. The highest BCUT2D eigenvalue weighted by molar-refractivity contribution is 6.23. The summed E-state index contributed by atoms with van der Waals surface area (Å²) < 4.78 is 0. The van der Waals surface area contributed by atoms with Crippen LogP contribution >= 0.6 is 0 Å². The quantitative estimate of drug-likeness (QED) is 0.142. The fourth-order valence-electron chi connectivity index (χ4n) is 15.7. The van der Waals surface area contributed by atoms with Crippen LogP contribution in [0.5, 0.6) is 0 Å². The Hall–Kier alpha value is -11.6. The van der Waals surface area contributed by atoms with Gasteiger partial charge in [0.05, 0.1) is 11.4 Å². The molecule has 0 unspecified atom stereocenters. The van der Waals surface area contributed by atoms with Gasteiger partial charge < -0.3 is 0 Å². The van der Waals surface area contributed by atoms with Gasteiger partial charge in [-0.15, -0.1) is 0 Å². The maximum absolute atomic E-state index is 5.16. The Morgan fingerprint density at radius 3 is 0.947 bits per heavy atom. The van der Waals surface area contributed by atoms with Crippen molar-refractivity contribution in [3.05, 3.63) is 350 Å². The molecule has 2 aliphatic carbocycles. The second-order valence-electron chi connectivity index (χ2n) is 26.3. The zero-order valence-electron chi connectivity index (χ0n) is 53.1. The maximum atomic E-state index is 5.16. The van der Waals surface area contributed by atoms with Crippen molar-refractivity contribution in [3.8, 4) is 112 Å². The topological polar surface area (TPSA) is 25.8 Å². The number of pyridine rings is 2. The monoisotopic (exact) mass is 1200 g/mol. The molecule has 0 atom stereocenters. The van der Waals surface area contributed by atoms with Crippen LogP contribution in [0.15, 0.2) is 328 Å². The molecular formula is C92H66N2. The van der Waals surface area contributed by atoms with Crippen molar-refractivity contribution in [3.63, 3.8) is 0 Å². The average molecular weight is 1200 g/mol. The Kier molecular flexibility index (Phi) is 13.6. The Morgan fingerprint density at radius 1 is 0.191 bits per heavy atom. The number of aromatic nitrogens is 2. The molecule has 14 aromatic carbocycles. The van der Waals surface area contributed by atoms with Gasteiger partial charge in [-0.3, -0.25) is 9.97 Å². The Balaban J connectivity index is 0.000000143. The van der Waals surface area contributed by atoms with Gasteiger partial charge in [0.1, 0.15) is 0 Å². The van der Waals surface area contributed by atoms with Crippen LogP contribution in [-0.4, -0.2) is 9.97 Å². The van der Waals surface area contributed by atoms with Crippen LogP contribution in [-0.2, 0) is 10.8 Å². The molecule has 0 spiro atoms. The first kappa shape index (κ1) is 56.4. The number of nitrogens with zero attached hydrogens (tertiary/aromatic N) is 2. The van der Waals surface area contributed by atoms with Crippen molar-refractivity contribution >= 4 is 43.1 Å². The van der Waals surface area contributed by atoms with Crippen LogP contribution in [0.1, 0.15) is 49.9 Å². The van der Waals surface area contributed by atoms with E-state index in [2.05, 4.69) is 356 Å². The molecule has 0 fully saturated rings. The molecule has 0 N–H and O–H groups in total. The predicted molar refractivity (Wildman–Crippen MR) is 397 cm³/mol. The molecule has 0 saturated carbocycles. The average Bonchev–Trinajstić information content (AvgIpc) is 1.25. The third-order valence-electron chi connectivity index (χ3n) is 20.3. The van der Waals surface area contributed by atoms with Crippen molar-refractivity contribution in [2.75, 3.05) is 0 Å². The molecule has 18 rings (SSSR count). The lowest BCUT2D eigenvalue weighted by Crippen LogP contribution is -2.14. The van der Waals surface area contributed by atoms with Gasteiger partial charge in [-0.05, 0) is 161 Å². The summed E-state index contributed by atoms with van der Waals surface area (Å²) in [5.41, 5.74) is 29.7. The molecule has 2 nitrogen and oxygen atoms in total. The highest BCUT2D eigenvalue weighted by Gasteiger charge is 2.37. The van der Waals surface area contributed by atoms with Gasteiger partial charge in [-0.2, -0.15) is 0 Å². The molecule has 0 bridgehead atoms. The number of rotatable bonds is 8. The highest BCUT2D eigenvalue weighted by atomic mass is 14.7. The molecule has 94 heavy (non-hydrogen) atoms. The van der Waals surface area contributed by atoms with Crippen molar-refractivity contribution in [1.82, 2.24) is 9.97 Å². The summed E-state index contributed by atoms with van der Waals surface area (Å²) in [4.78, 5) is 10.2. The van der Waals surface area contributed by atoms with Crippen LogP contribution in [0.2, 0.25) is 0 Å². The lowest BCUT2D eigenvalue weighted by Gasteiger charge is -2.21. The predicted octanol–water partition coefficient (Wildman–Crippen LogP) is 24.7. The van der Waals surface area contributed by atoms with Gasteiger partial charge >= 0.3 is 0 Å². The second-order valence-corrected chi connectivity index (χ2v) is 26.3. The van der Waals surface area contributed by atoms with E-state index in [0.717, 1.165) is 28.1 Å². The zero-order chi connectivity index (χ0) is 63.1. The third kappa shape index (κ3) is 9.31. The number of hydrogen-bond acceptors (Lipinski definition) is 2. The fraction of sp³-hybridized carbons (Fsp3) is 0.0652. The van der Waals surface area contributed by atoms with Crippen LogP contribution in [0.3, 0.4) is 0 Å². The van der Waals surface area contributed by atoms with E-state index < -0.39 is 0 Å². The molecule has 0 radical (unpaired) electrons. The minimum absolute atomic E-state index is 0.0000482. The zero-order valence-corrected chi connectivity index (χ0v) is 53.1. The number of fused-ring (bicyclic) bond motifs is 10. The lowest BCUT2D eigenvalue weighted by atomic mass is 9.82. The van der Waals surface area contributed by atoms with Crippen molar-refractivity contribution in [1.29, 1.82) is 0 Å². The Bertz CT molecular complexity index is 5480. The SMILES string of the molecule is CC1(C)c2ccccc2-c2c(-c3ccc(-c4c5ccccc5c(-c5ccc(-c6ccccc6)cc5)c5ccccc45)cn3)cccc21.CC1(C)c2ccccc2-c2cc(-c3ccc(-c4c5ccccc5c(-c5ccc(-c6ccccc6)cc5)c5ccccc45)cn3)ccc21. The first-order valence-corrected chi connectivity index (χ1v) is 32.8. The first-order chi connectivity index (χ1) is 46.2. The van der Waals surface area contributed by atoms with E-state index >= 15 is 0 Å². The van der Waals surface area contributed by atoms with Gasteiger partial charge in [-0.25, -0.2) is 0 Å². The first-order valence-electron chi connectivity index (χ1n) is 32.8. The summed E-state index contributed by atoms with van der Waals surface area (Å²) in [7, 11) is 0. The lowest BCUT2D eigenvalue weighted by molar-refractivity contribution is 0.660. The van der Waals surface area contributed by atoms with Gasteiger partial charge in [0.2, 0.25) is 0 Å². The van der Waals surface area contributed by atoms with Crippen LogP contribution in [0, 0.1) is 0 Å². The standard InChI is InChI=1S/2C46H33N/c1-46(2)40-21-11-10-19-38(40)45-39(20-12-22-41(45)46)42-28-27-33(29-47-42)44-36-17-8-6-15-34(36)43(35-16-7-9-18-37(35)44)32-25-23-31(24-26-32)30-13-4-3-5-14-30;1-46(2)41-19-11-10-14-35(41)40-28-33(24-26-42(40)46)43-27-25-34(29-47-43)45-38-17-8-6-15-36(38)44(37-16-7-9-18-39(37)45)32-22-20-31(21-23-32)30-12-4-3-5-13-30/h2*3-29H,1-2H3. The highest BCUT2D eigenvalue weighted by Crippen LogP contribution is 2.53. The van der Waals surface area contributed by atoms with Gasteiger partial charge in [0, 0.05) is 45.5 Å². The van der Waals surface area contributed by atoms with Crippen LogP contribution in [0.4, 0.5) is 0 Å². The summed E-state index contributed by atoms with van der Waals surface area (Å²) >= 11 is 0. The summed E-state index contributed by atoms with van der Waals surface area (Å²) in [6, 6.07) is 115. The Morgan fingerprint density at radius 2 is 0.500 bits per heavy atom. The summed E-state index contributed by atoms with van der Waals surface area (Å²) in [5, 5.41) is 9.93. The molecule has 16 aromatic rings. The van der Waals surface area contributed by atoms with Crippen molar-refractivity contribution in [2.24, 2.45) is 0 Å². The molecule has 2 aliphatic rings. The number of hydrogen-bond donors (Lipinski definition) is 0. The number of benzene rings is 14. The third-order valence-corrected chi connectivity index (χ3v) is 20.3. The smallest absolute Gasteiger partial charge is 0.0708 e. The molecular weight excluding hydrogens is 1130 g/mol. The molecule has 2 heterocycles. The second kappa shape index (κ2) is 22.7. The van der Waals surface area contributed by atoms with E-state index in [9.17, 15) is 0 Å². The van der Waals surface area contributed by atoms with E-state index in [1.165, 1.54) is 149 Å². The molecule has 0 aliphatic heterocycles. The molecule has 2 heteroatoms. The summed E-state index contributed by atoms with van der Waals surface area (Å²) in [6.07, 6.45) is 4.13. The molecule has 2 aromatic heterocycles.